The molecule has 0 fully saturated rings. The Morgan fingerprint density at radius 1 is 0.957 bits per heavy atom. The molecule has 0 saturated carbocycles. The van der Waals surface area contributed by atoms with Gasteiger partial charge in [-0.2, -0.15) is 0 Å². The Morgan fingerprint density at radius 3 is 2.43 bits per heavy atom. The predicted molar refractivity (Wildman–Crippen MR) is 82.6 cm³/mol. The van der Waals surface area contributed by atoms with Crippen LogP contribution in [-0.4, -0.2) is 4.98 Å². The average Bonchev–Trinajstić information content (AvgIpc) is 3.01. The van der Waals surface area contributed by atoms with Crippen LogP contribution in [-0.2, 0) is 6.61 Å². The van der Waals surface area contributed by atoms with Gasteiger partial charge < -0.3 is 9.15 Å². The number of hydrogen-bond donors (Lipinski definition) is 0. The fourth-order valence-electron chi connectivity index (χ4n) is 1.96. The first kappa shape index (κ1) is 15.0. The molecule has 5 heteroatoms. The minimum Gasteiger partial charge on any atom is -0.487 e. The lowest BCUT2D eigenvalue weighted by Crippen LogP contribution is -1.95. The molecule has 0 saturated heterocycles. The first-order valence-electron chi connectivity index (χ1n) is 6.97. The number of oxazole rings is 1. The summed E-state index contributed by atoms with van der Waals surface area (Å²) in [7, 11) is 0. The summed E-state index contributed by atoms with van der Waals surface area (Å²) in [6.07, 6.45) is 4.15. The second-order valence-electron chi connectivity index (χ2n) is 4.75. The number of benzene rings is 2. The van der Waals surface area contributed by atoms with Gasteiger partial charge in [0, 0.05) is 11.6 Å². The molecule has 1 heterocycles. The van der Waals surface area contributed by atoms with Crippen LogP contribution < -0.4 is 4.74 Å². The number of ether oxygens (including phenoxy) is 1. The predicted octanol–water partition coefficient (Wildman–Crippen LogP) is 4.70. The van der Waals surface area contributed by atoms with Gasteiger partial charge in [-0.05, 0) is 30.3 Å². The highest BCUT2D eigenvalue weighted by molar-refractivity contribution is 5.66. The summed E-state index contributed by atoms with van der Waals surface area (Å²) in [5, 5.41) is 0. The minimum atomic E-state index is -0.638. The van der Waals surface area contributed by atoms with Crippen LogP contribution in [0.3, 0.4) is 0 Å². The van der Waals surface area contributed by atoms with Crippen LogP contribution in [0.5, 0.6) is 5.75 Å². The summed E-state index contributed by atoms with van der Waals surface area (Å²) in [5.41, 5.74) is 0.454. The van der Waals surface area contributed by atoms with Gasteiger partial charge >= 0.3 is 0 Å². The molecule has 0 unspecified atom stereocenters. The van der Waals surface area contributed by atoms with Gasteiger partial charge in [-0.25, -0.2) is 13.8 Å². The van der Waals surface area contributed by atoms with Crippen LogP contribution in [0.25, 0.3) is 12.2 Å². The summed E-state index contributed by atoms with van der Waals surface area (Å²) in [4.78, 5) is 4.18. The normalized spacial score (nSPS) is 11.0. The zero-order chi connectivity index (χ0) is 16.1. The molecule has 3 nitrogen and oxygen atoms in total. The molecular formula is C18H13F2NO2. The molecule has 3 aromatic rings. The molecule has 3 rings (SSSR count). The van der Waals surface area contributed by atoms with Crippen LogP contribution in [0.15, 0.2) is 59.2 Å². The first-order valence-corrected chi connectivity index (χ1v) is 6.97. The highest BCUT2D eigenvalue weighted by Crippen LogP contribution is 2.16. The van der Waals surface area contributed by atoms with Crippen LogP contribution in [0.1, 0.15) is 17.1 Å². The largest absolute Gasteiger partial charge is 0.487 e. The Labute approximate surface area is 131 Å². The third kappa shape index (κ3) is 3.83. The van der Waals surface area contributed by atoms with Crippen molar-refractivity contribution in [2.24, 2.45) is 0 Å². The molecule has 0 radical (unpaired) electrons. The molecule has 0 aliphatic rings. The van der Waals surface area contributed by atoms with Gasteiger partial charge in [-0.3, -0.25) is 0 Å². The number of aromatic nitrogens is 1. The molecule has 116 valence electrons. The zero-order valence-electron chi connectivity index (χ0n) is 12.1. The molecule has 1 aromatic heterocycles. The van der Waals surface area contributed by atoms with Crippen LogP contribution >= 0.6 is 0 Å². The van der Waals surface area contributed by atoms with E-state index in [4.69, 9.17) is 9.15 Å². The van der Waals surface area contributed by atoms with Crippen LogP contribution in [0, 0.1) is 11.6 Å². The number of nitrogens with zero attached hydrogens (tertiary/aromatic N) is 1. The quantitative estimate of drug-likeness (QED) is 0.684. The van der Waals surface area contributed by atoms with Crippen molar-refractivity contribution in [3.05, 3.63) is 83.6 Å². The van der Waals surface area contributed by atoms with E-state index in [1.165, 1.54) is 36.6 Å². The van der Waals surface area contributed by atoms with Crippen molar-refractivity contribution in [2.45, 2.75) is 6.61 Å². The number of hydrogen-bond acceptors (Lipinski definition) is 3. The molecule has 0 bridgehead atoms. The maximum Gasteiger partial charge on any atom is 0.218 e. The molecule has 23 heavy (non-hydrogen) atoms. The van der Waals surface area contributed by atoms with Crippen molar-refractivity contribution in [2.75, 3.05) is 0 Å². The standard InChI is InChI=1S/C18H13F2NO2/c19-16-7-4-8-17(20)15(16)9-10-18-21-13(12-23-18)11-22-14-5-2-1-3-6-14/h1-10,12H,11H2/b10-9+. The van der Waals surface area contributed by atoms with Crippen LogP contribution in [0.4, 0.5) is 8.78 Å². The lowest BCUT2D eigenvalue weighted by atomic mass is 10.2. The van der Waals surface area contributed by atoms with E-state index in [1.54, 1.807) is 0 Å². The average molecular weight is 313 g/mol. The molecule has 0 atom stereocenters. The molecule has 2 aromatic carbocycles. The van der Waals surface area contributed by atoms with Crippen molar-refractivity contribution < 1.29 is 17.9 Å². The van der Waals surface area contributed by atoms with Crippen molar-refractivity contribution >= 4 is 12.2 Å². The number of para-hydroxylation sites is 1. The molecule has 0 aliphatic carbocycles. The maximum atomic E-state index is 13.5. The van der Waals surface area contributed by atoms with E-state index in [2.05, 4.69) is 4.98 Å². The van der Waals surface area contributed by atoms with E-state index in [1.807, 2.05) is 30.3 Å². The van der Waals surface area contributed by atoms with Crippen molar-refractivity contribution in [1.29, 1.82) is 0 Å². The summed E-state index contributed by atoms with van der Waals surface area (Å²) in [6.45, 7) is 0.245. The van der Waals surface area contributed by atoms with E-state index in [-0.39, 0.29) is 18.1 Å². The third-order valence-electron chi connectivity index (χ3n) is 3.09. The molecule has 0 amide bonds. The summed E-state index contributed by atoms with van der Waals surface area (Å²) < 4.78 is 37.8. The molecule has 0 aliphatic heterocycles. The van der Waals surface area contributed by atoms with E-state index in [0.717, 1.165) is 5.75 Å². The molecule has 0 spiro atoms. The topological polar surface area (TPSA) is 35.3 Å². The monoisotopic (exact) mass is 313 g/mol. The zero-order valence-corrected chi connectivity index (χ0v) is 12.1. The fourth-order valence-corrected chi connectivity index (χ4v) is 1.96. The Morgan fingerprint density at radius 2 is 1.70 bits per heavy atom. The van der Waals surface area contributed by atoms with Gasteiger partial charge in [-0.1, -0.05) is 24.3 Å². The second kappa shape index (κ2) is 6.87. The van der Waals surface area contributed by atoms with E-state index in [9.17, 15) is 8.78 Å². The van der Waals surface area contributed by atoms with Gasteiger partial charge in [0.05, 0.1) is 0 Å². The Hall–Kier alpha value is -2.95. The lowest BCUT2D eigenvalue weighted by Gasteiger charge is -2.01. The van der Waals surface area contributed by atoms with E-state index < -0.39 is 11.6 Å². The Balaban J connectivity index is 1.66. The van der Waals surface area contributed by atoms with Crippen molar-refractivity contribution in [1.82, 2.24) is 4.98 Å². The van der Waals surface area contributed by atoms with Crippen LogP contribution in [0.2, 0.25) is 0 Å². The smallest absolute Gasteiger partial charge is 0.218 e. The summed E-state index contributed by atoms with van der Waals surface area (Å²) in [6, 6.07) is 13.0. The third-order valence-corrected chi connectivity index (χ3v) is 3.09. The maximum absolute atomic E-state index is 13.5. The Bertz CT molecular complexity index is 793. The second-order valence-corrected chi connectivity index (χ2v) is 4.75. The van der Waals surface area contributed by atoms with E-state index in [0.29, 0.717) is 5.69 Å². The SMILES string of the molecule is Fc1cccc(F)c1/C=C/c1nc(COc2ccccc2)co1. The minimum absolute atomic E-state index is 0.132. The fraction of sp³-hybridized carbons (Fsp3) is 0.0556. The highest BCUT2D eigenvalue weighted by Gasteiger charge is 2.06. The van der Waals surface area contributed by atoms with E-state index >= 15 is 0 Å². The van der Waals surface area contributed by atoms with Crippen molar-refractivity contribution in [3.63, 3.8) is 0 Å². The lowest BCUT2D eigenvalue weighted by molar-refractivity contribution is 0.301. The summed E-state index contributed by atoms with van der Waals surface area (Å²) >= 11 is 0. The summed E-state index contributed by atoms with van der Waals surface area (Å²) in [5.74, 6) is -0.304. The molecular weight excluding hydrogens is 300 g/mol. The number of halogens is 2. The van der Waals surface area contributed by atoms with Gasteiger partial charge in [0.15, 0.2) is 0 Å². The molecule has 0 N–H and O–H groups in total. The van der Waals surface area contributed by atoms with Gasteiger partial charge in [0.1, 0.15) is 35.9 Å². The van der Waals surface area contributed by atoms with Gasteiger partial charge in [-0.15, -0.1) is 0 Å². The van der Waals surface area contributed by atoms with Gasteiger partial charge in [0.25, 0.3) is 0 Å². The Kier molecular flexibility index (Phi) is 4.47. The first-order chi connectivity index (χ1) is 11.2. The van der Waals surface area contributed by atoms with Crippen molar-refractivity contribution in [3.8, 4) is 5.75 Å². The van der Waals surface area contributed by atoms with Gasteiger partial charge in [0.2, 0.25) is 5.89 Å². The highest BCUT2D eigenvalue weighted by atomic mass is 19.1. The number of rotatable bonds is 5.